The number of carbonyl (C=O) groups is 1. The molecule has 0 saturated carbocycles. The summed E-state index contributed by atoms with van der Waals surface area (Å²) in [6, 6.07) is 18.5. The molecule has 1 atom stereocenters. The number of anilines is 3. The third-order valence-corrected chi connectivity index (χ3v) is 4.44. The minimum absolute atomic E-state index is 0.221. The molecular formula is C23H22N6O2. The van der Waals surface area contributed by atoms with E-state index in [0.717, 1.165) is 11.5 Å². The average molecular weight is 414 g/mol. The molecule has 0 unspecified atom stereocenters. The molecule has 2 aromatic carbocycles. The fourth-order valence-electron chi connectivity index (χ4n) is 2.93. The van der Waals surface area contributed by atoms with Gasteiger partial charge in [-0.3, -0.25) is 9.36 Å². The highest BCUT2D eigenvalue weighted by Crippen LogP contribution is 2.20. The van der Waals surface area contributed by atoms with Gasteiger partial charge in [-0.1, -0.05) is 18.2 Å². The lowest BCUT2D eigenvalue weighted by Crippen LogP contribution is -2.30. The number of aryl methyl sites for hydroxylation is 1. The Balaban J connectivity index is 1.39. The molecule has 2 N–H and O–H groups in total. The molecule has 0 fully saturated rings. The molecule has 1 amide bonds. The number of para-hydroxylation sites is 1. The van der Waals surface area contributed by atoms with Crippen molar-refractivity contribution in [1.82, 2.24) is 19.5 Å². The zero-order valence-corrected chi connectivity index (χ0v) is 17.2. The molecule has 0 aliphatic rings. The van der Waals surface area contributed by atoms with Gasteiger partial charge in [0.15, 0.2) is 6.10 Å². The molecule has 4 rings (SSSR count). The van der Waals surface area contributed by atoms with Crippen molar-refractivity contribution in [2.45, 2.75) is 20.0 Å². The molecule has 2 heterocycles. The Morgan fingerprint density at radius 1 is 1.03 bits per heavy atom. The molecule has 0 aliphatic heterocycles. The second-order valence-electron chi connectivity index (χ2n) is 6.89. The summed E-state index contributed by atoms with van der Waals surface area (Å²) in [6.07, 6.45) is 4.59. The summed E-state index contributed by atoms with van der Waals surface area (Å²) in [4.78, 5) is 25.3. The number of ether oxygens (including phenoxy) is 1. The van der Waals surface area contributed by atoms with Crippen LogP contribution >= 0.6 is 0 Å². The third kappa shape index (κ3) is 5.24. The van der Waals surface area contributed by atoms with E-state index in [0.29, 0.717) is 23.1 Å². The van der Waals surface area contributed by atoms with Crippen LogP contribution in [0.5, 0.6) is 5.75 Å². The largest absolute Gasteiger partial charge is 0.481 e. The van der Waals surface area contributed by atoms with Gasteiger partial charge in [0.25, 0.3) is 5.91 Å². The van der Waals surface area contributed by atoms with Crippen LogP contribution in [-0.2, 0) is 4.79 Å². The first kappa shape index (κ1) is 20.1. The number of aromatic nitrogens is 4. The predicted octanol–water partition coefficient (Wildman–Crippen LogP) is 4.12. The Kier molecular flexibility index (Phi) is 5.89. The first-order valence-electron chi connectivity index (χ1n) is 9.80. The second kappa shape index (κ2) is 9.08. The van der Waals surface area contributed by atoms with Crippen molar-refractivity contribution in [3.8, 4) is 11.6 Å². The molecular weight excluding hydrogens is 392 g/mol. The van der Waals surface area contributed by atoms with Crippen molar-refractivity contribution < 1.29 is 9.53 Å². The number of benzene rings is 2. The van der Waals surface area contributed by atoms with Gasteiger partial charge in [0, 0.05) is 29.8 Å². The van der Waals surface area contributed by atoms with Gasteiger partial charge >= 0.3 is 0 Å². The summed E-state index contributed by atoms with van der Waals surface area (Å²) in [5, 5.41) is 6.12. The van der Waals surface area contributed by atoms with Gasteiger partial charge in [-0.2, -0.15) is 0 Å². The van der Waals surface area contributed by atoms with Crippen LogP contribution in [0.3, 0.4) is 0 Å². The molecule has 0 saturated heterocycles. The van der Waals surface area contributed by atoms with Crippen LogP contribution in [0.2, 0.25) is 0 Å². The lowest BCUT2D eigenvalue weighted by molar-refractivity contribution is -0.122. The average Bonchev–Trinajstić information content (AvgIpc) is 3.30. The van der Waals surface area contributed by atoms with E-state index in [1.54, 1.807) is 19.4 Å². The number of nitrogens with one attached hydrogen (secondary N) is 2. The molecule has 4 aromatic rings. The van der Waals surface area contributed by atoms with E-state index in [4.69, 9.17) is 4.74 Å². The summed E-state index contributed by atoms with van der Waals surface area (Å²) in [5.41, 5.74) is 1.51. The summed E-state index contributed by atoms with van der Waals surface area (Å²) in [5.74, 6) is 2.47. The monoisotopic (exact) mass is 414 g/mol. The van der Waals surface area contributed by atoms with E-state index in [9.17, 15) is 4.79 Å². The van der Waals surface area contributed by atoms with Crippen LogP contribution < -0.4 is 15.4 Å². The molecule has 31 heavy (non-hydrogen) atoms. The van der Waals surface area contributed by atoms with Crippen LogP contribution in [-0.4, -0.2) is 31.5 Å². The van der Waals surface area contributed by atoms with Gasteiger partial charge in [0.1, 0.15) is 29.5 Å². The first-order valence-corrected chi connectivity index (χ1v) is 9.80. The van der Waals surface area contributed by atoms with Crippen LogP contribution in [0.1, 0.15) is 12.7 Å². The Bertz CT molecular complexity index is 1140. The maximum atomic E-state index is 12.4. The molecule has 8 heteroatoms. The van der Waals surface area contributed by atoms with Gasteiger partial charge < -0.3 is 15.4 Å². The fraction of sp³-hybridized carbons (Fsp3) is 0.130. The van der Waals surface area contributed by atoms with E-state index in [1.807, 2.05) is 78.4 Å². The normalized spacial score (nSPS) is 11.5. The second-order valence-corrected chi connectivity index (χ2v) is 6.89. The number of amides is 1. The zero-order valence-electron chi connectivity index (χ0n) is 17.2. The van der Waals surface area contributed by atoms with Gasteiger partial charge in [-0.25, -0.2) is 15.0 Å². The van der Waals surface area contributed by atoms with Crippen molar-refractivity contribution in [2.75, 3.05) is 10.6 Å². The van der Waals surface area contributed by atoms with Crippen molar-refractivity contribution in [3.63, 3.8) is 0 Å². The molecule has 0 spiro atoms. The summed E-state index contributed by atoms with van der Waals surface area (Å²) < 4.78 is 7.48. The van der Waals surface area contributed by atoms with E-state index in [2.05, 4.69) is 25.6 Å². The number of nitrogens with zero attached hydrogens (tertiary/aromatic N) is 4. The maximum Gasteiger partial charge on any atom is 0.265 e. The minimum Gasteiger partial charge on any atom is -0.481 e. The molecule has 0 bridgehead atoms. The standard InChI is InChI=1S/C23H22N6O2/c1-16(31-20-6-4-3-5-7-20)23(30)28-19-10-8-18(9-11-19)27-21-14-22(26-17(2)25-21)29-13-12-24-15-29/h3-16H,1-2H3,(H,28,30)(H,25,26,27)/t16-/m0/s1. The van der Waals surface area contributed by atoms with Gasteiger partial charge in [-0.05, 0) is 50.2 Å². The van der Waals surface area contributed by atoms with Crippen molar-refractivity contribution >= 4 is 23.1 Å². The molecule has 8 nitrogen and oxygen atoms in total. The number of imidazole rings is 1. The van der Waals surface area contributed by atoms with E-state index in [-0.39, 0.29) is 5.91 Å². The van der Waals surface area contributed by atoms with E-state index < -0.39 is 6.10 Å². The number of hydrogen-bond donors (Lipinski definition) is 2. The molecule has 2 aromatic heterocycles. The summed E-state index contributed by atoms with van der Waals surface area (Å²) >= 11 is 0. The highest BCUT2D eigenvalue weighted by atomic mass is 16.5. The van der Waals surface area contributed by atoms with Crippen LogP contribution in [0, 0.1) is 6.92 Å². The fourth-order valence-corrected chi connectivity index (χ4v) is 2.93. The highest BCUT2D eigenvalue weighted by molar-refractivity contribution is 5.94. The van der Waals surface area contributed by atoms with Crippen molar-refractivity contribution in [1.29, 1.82) is 0 Å². The molecule has 0 aliphatic carbocycles. The molecule has 156 valence electrons. The number of carbonyl (C=O) groups excluding carboxylic acids is 1. The SMILES string of the molecule is Cc1nc(Nc2ccc(NC(=O)[C@H](C)Oc3ccccc3)cc2)cc(-n2ccnc2)n1. The topological polar surface area (TPSA) is 94.0 Å². The quantitative estimate of drug-likeness (QED) is 0.472. The molecule has 0 radical (unpaired) electrons. The highest BCUT2D eigenvalue weighted by Gasteiger charge is 2.14. The smallest absolute Gasteiger partial charge is 0.265 e. The van der Waals surface area contributed by atoms with Crippen LogP contribution in [0.25, 0.3) is 5.82 Å². The van der Waals surface area contributed by atoms with E-state index >= 15 is 0 Å². The van der Waals surface area contributed by atoms with Gasteiger partial charge in [0.2, 0.25) is 0 Å². The Morgan fingerprint density at radius 3 is 2.48 bits per heavy atom. The summed E-state index contributed by atoms with van der Waals surface area (Å²) in [7, 11) is 0. The number of rotatable bonds is 7. The predicted molar refractivity (Wildman–Crippen MR) is 119 cm³/mol. The van der Waals surface area contributed by atoms with Crippen molar-refractivity contribution in [2.24, 2.45) is 0 Å². The van der Waals surface area contributed by atoms with Gasteiger partial charge in [0.05, 0.1) is 0 Å². The maximum absolute atomic E-state index is 12.4. The summed E-state index contributed by atoms with van der Waals surface area (Å²) in [6.45, 7) is 3.55. The minimum atomic E-state index is -0.620. The Morgan fingerprint density at radius 2 is 1.77 bits per heavy atom. The van der Waals surface area contributed by atoms with Crippen LogP contribution in [0.4, 0.5) is 17.2 Å². The van der Waals surface area contributed by atoms with Gasteiger partial charge in [-0.15, -0.1) is 0 Å². The Hall–Kier alpha value is -4.20. The van der Waals surface area contributed by atoms with Crippen LogP contribution in [0.15, 0.2) is 79.4 Å². The number of hydrogen-bond acceptors (Lipinski definition) is 6. The lowest BCUT2D eigenvalue weighted by Gasteiger charge is -2.15. The van der Waals surface area contributed by atoms with E-state index in [1.165, 1.54) is 0 Å². The zero-order chi connectivity index (χ0) is 21.6. The third-order valence-electron chi connectivity index (χ3n) is 4.44. The van der Waals surface area contributed by atoms with Crippen molar-refractivity contribution in [3.05, 3.63) is 85.2 Å². The first-order chi connectivity index (χ1) is 15.1. The lowest BCUT2D eigenvalue weighted by atomic mass is 10.2. The Labute approximate surface area is 180 Å².